The number of rotatable bonds is 2. The molecular weight excluding hydrogens is 308 g/mol. The molecule has 0 aromatic heterocycles. The molecule has 4 nitrogen and oxygen atoms in total. The maximum Gasteiger partial charge on any atom is 0.253 e. The first-order chi connectivity index (χ1) is 9.11. The Kier molecular flexibility index (Phi) is 4.58. The molecule has 1 saturated heterocycles. The quantitative estimate of drug-likeness (QED) is 0.905. The van der Waals surface area contributed by atoms with Crippen LogP contribution < -0.4 is 5.32 Å². The van der Waals surface area contributed by atoms with Gasteiger partial charge in [-0.2, -0.15) is 0 Å². The molecule has 1 aromatic rings. The first kappa shape index (κ1) is 14.1. The number of carbonyl (C=O) groups excluding carboxylic acids is 2. The summed E-state index contributed by atoms with van der Waals surface area (Å²) in [6, 6.07) is 7.31. The van der Waals surface area contributed by atoms with Crippen LogP contribution in [0.5, 0.6) is 0 Å². The zero-order valence-corrected chi connectivity index (χ0v) is 12.4. The standard InChI is InChI=1S/C14H17BrN2O2/c1-16-13(18)11-3-2-8-17(9-11)14(19)10-4-6-12(15)7-5-10/h4-7,11H,2-3,8-9H2,1H3,(H,16,18). The van der Waals surface area contributed by atoms with Crippen LogP contribution in [0.2, 0.25) is 0 Å². The third kappa shape index (κ3) is 3.35. The van der Waals surface area contributed by atoms with E-state index in [2.05, 4.69) is 21.2 Å². The Bertz CT molecular complexity index is 473. The fourth-order valence-corrected chi connectivity index (χ4v) is 2.62. The Hall–Kier alpha value is -1.36. The average molecular weight is 325 g/mol. The topological polar surface area (TPSA) is 49.4 Å². The molecule has 0 aliphatic carbocycles. The molecule has 19 heavy (non-hydrogen) atoms. The van der Waals surface area contributed by atoms with E-state index in [1.54, 1.807) is 24.1 Å². The fraction of sp³-hybridized carbons (Fsp3) is 0.429. The Morgan fingerprint density at radius 1 is 1.32 bits per heavy atom. The van der Waals surface area contributed by atoms with E-state index in [4.69, 9.17) is 0 Å². The van der Waals surface area contributed by atoms with E-state index in [1.165, 1.54) is 0 Å². The lowest BCUT2D eigenvalue weighted by Gasteiger charge is -2.31. The summed E-state index contributed by atoms with van der Waals surface area (Å²) in [5.74, 6) is -0.0624. The minimum absolute atomic E-state index is 0.00102. The molecule has 1 fully saturated rings. The van der Waals surface area contributed by atoms with Gasteiger partial charge in [-0.1, -0.05) is 15.9 Å². The van der Waals surface area contributed by atoms with Crippen LogP contribution in [0.1, 0.15) is 23.2 Å². The summed E-state index contributed by atoms with van der Waals surface area (Å²) in [5, 5.41) is 2.66. The molecule has 1 aliphatic rings. The van der Waals surface area contributed by atoms with Crippen molar-refractivity contribution >= 4 is 27.7 Å². The number of nitrogens with zero attached hydrogens (tertiary/aromatic N) is 1. The molecule has 1 aliphatic heterocycles. The van der Waals surface area contributed by atoms with Gasteiger partial charge in [0.1, 0.15) is 0 Å². The van der Waals surface area contributed by atoms with Crippen molar-refractivity contribution in [3.05, 3.63) is 34.3 Å². The smallest absolute Gasteiger partial charge is 0.253 e. The molecule has 1 atom stereocenters. The molecule has 5 heteroatoms. The lowest BCUT2D eigenvalue weighted by atomic mass is 9.96. The number of likely N-dealkylation sites (tertiary alicyclic amines) is 1. The van der Waals surface area contributed by atoms with Crippen molar-refractivity contribution in [2.45, 2.75) is 12.8 Å². The summed E-state index contributed by atoms with van der Waals surface area (Å²) in [4.78, 5) is 25.8. The number of amides is 2. The highest BCUT2D eigenvalue weighted by atomic mass is 79.9. The van der Waals surface area contributed by atoms with E-state index >= 15 is 0 Å². The largest absolute Gasteiger partial charge is 0.359 e. The summed E-state index contributed by atoms with van der Waals surface area (Å²) >= 11 is 3.35. The number of hydrogen-bond donors (Lipinski definition) is 1. The summed E-state index contributed by atoms with van der Waals surface area (Å²) in [6.07, 6.45) is 1.73. The predicted molar refractivity (Wildman–Crippen MR) is 76.8 cm³/mol. The van der Waals surface area contributed by atoms with Crippen LogP contribution in [0.15, 0.2) is 28.7 Å². The van der Waals surface area contributed by atoms with Gasteiger partial charge < -0.3 is 10.2 Å². The maximum absolute atomic E-state index is 12.3. The highest BCUT2D eigenvalue weighted by molar-refractivity contribution is 9.10. The van der Waals surface area contributed by atoms with E-state index in [9.17, 15) is 9.59 Å². The minimum atomic E-state index is -0.0850. The number of halogens is 1. The van der Waals surface area contributed by atoms with Gasteiger partial charge >= 0.3 is 0 Å². The van der Waals surface area contributed by atoms with E-state index in [1.807, 2.05) is 12.1 Å². The number of carbonyl (C=O) groups is 2. The summed E-state index contributed by atoms with van der Waals surface area (Å²) < 4.78 is 0.950. The molecule has 102 valence electrons. The van der Waals surface area contributed by atoms with Crippen molar-refractivity contribution in [1.29, 1.82) is 0 Å². The summed E-state index contributed by atoms with van der Waals surface area (Å²) in [5.41, 5.74) is 0.667. The summed E-state index contributed by atoms with van der Waals surface area (Å²) in [7, 11) is 1.64. The lowest BCUT2D eigenvalue weighted by Crippen LogP contribution is -2.44. The molecule has 1 heterocycles. The zero-order chi connectivity index (χ0) is 13.8. The van der Waals surface area contributed by atoms with Crippen LogP contribution in [0.4, 0.5) is 0 Å². The van der Waals surface area contributed by atoms with Gasteiger partial charge in [-0.05, 0) is 37.1 Å². The fourth-order valence-electron chi connectivity index (χ4n) is 2.35. The molecule has 0 radical (unpaired) electrons. The van der Waals surface area contributed by atoms with E-state index in [0.29, 0.717) is 12.1 Å². The van der Waals surface area contributed by atoms with Crippen LogP contribution >= 0.6 is 15.9 Å². The van der Waals surface area contributed by atoms with Gasteiger partial charge in [-0.15, -0.1) is 0 Å². The van der Waals surface area contributed by atoms with Gasteiger partial charge in [-0.25, -0.2) is 0 Å². The highest BCUT2D eigenvalue weighted by Gasteiger charge is 2.28. The van der Waals surface area contributed by atoms with Crippen LogP contribution in [-0.2, 0) is 4.79 Å². The van der Waals surface area contributed by atoms with Crippen LogP contribution in [-0.4, -0.2) is 36.9 Å². The monoisotopic (exact) mass is 324 g/mol. The van der Waals surface area contributed by atoms with E-state index in [0.717, 1.165) is 23.9 Å². The normalized spacial score (nSPS) is 19.1. The van der Waals surface area contributed by atoms with Crippen LogP contribution in [0.25, 0.3) is 0 Å². The van der Waals surface area contributed by atoms with E-state index < -0.39 is 0 Å². The lowest BCUT2D eigenvalue weighted by molar-refractivity contribution is -0.125. The second kappa shape index (κ2) is 6.19. The van der Waals surface area contributed by atoms with Gasteiger partial charge in [0.2, 0.25) is 5.91 Å². The Morgan fingerprint density at radius 3 is 2.63 bits per heavy atom. The highest BCUT2D eigenvalue weighted by Crippen LogP contribution is 2.19. The van der Waals surface area contributed by atoms with Crippen molar-refractivity contribution in [3.63, 3.8) is 0 Å². The van der Waals surface area contributed by atoms with Crippen molar-refractivity contribution in [2.24, 2.45) is 5.92 Å². The molecule has 0 spiro atoms. The van der Waals surface area contributed by atoms with Gasteiger partial charge in [0.05, 0.1) is 5.92 Å². The van der Waals surface area contributed by atoms with E-state index in [-0.39, 0.29) is 17.7 Å². The predicted octanol–water partition coefficient (Wildman–Crippen LogP) is 2.05. The number of hydrogen-bond acceptors (Lipinski definition) is 2. The Morgan fingerprint density at radius 2 is 2.00 bits per heavy atom. The average Bonchev–Trinajstić information content (AvgIpc) is 2.46. The Balaban J connectivity index is 2.06. The second-order valence-corrected chi connectivity index (χ2v) is 5.63. The zero-order valence-electron chi connectivity index (χ0n) is 10.9. The van der Waals surface area contributed by atoms with Crippen LogP contribution in [0.3, 0.4) is 0 Å². The molecular formula is C14H17BrN2O2. The second-order valence-electron chi connectivity index (χ2n) is 4.71. The maximum atomic E-state index is 12.3. The first-order valence-corrected chi connectivity index (χ1v) is 7.17. The van der Waals surface area contributed by atoms with Gasteiger partial charge in [0, 0.05) is 30.2 Å². The minimum Gasteiger partial charge on any atom is -0.359 e. The van der Waals surface area contributed by atoms with Crippen molar-refractivity contribution in [2.75, 3.05) is 20.1 Å². The van der Waals surface area contributed by atoms with Crippen molar-refractivity contribution in [3.8, 4) is 0 Å². The molecule has 0 saturated carbocycles. The molecule has 1 unspecified atom stereocenters. The van der Waals surface area contributed by atoms with Gasteiger partial charge in [0.25, 0.3) is 5.91 Å². The third-order valence-electron chi connectivity index (χ3n) is 3.42. The first-order valence-electron chi connectivity index (χ1n) is 6.38. The van der Waals surface area contributed by atoms with Crippen molar-refractivity contribution < 1.29 is 9.59 Å². The van der Waals surface area contributed by atoms with Crippen LogP contribution in [0, 0.1) is 5.92 Å². The van der Waals surface area contributed by atoms with Gasteiger partial charge in [0.15, 0.2) is 0 Å². The Labute approximate surface area is 121 Å². The van der Waals surface area contributed by atoms with Gasteiger partial charge in [-0.3, -0.25) is 9.59 Å². The number of piperidine rings is 1. The molecule has 2 rings (SSSR count). The summed E-state index contributed by atoms with van der Waals surface area (Å²) in [6.45, 7) is 1.23. The molecule has 1 aromatic carbocycles. The molecule has 2 amide bonds. The molecule has 1 N–H and O–H groups in total. The number of nitrogens with one attached hydrogen (secondary N) is 1. The third-order valence-corrected chi connectivity index (χ3v) is 3.95. The van der Waals surface area contributed by atoms with Crippen molar-refractivity contribution in [1.82, 2.24) is 10.2 Å². The number of benzene rings is 1. The molecule has 0 bridgehead atoms. The SMILES string of the molecule is CNC(=O)C1CCCN(C(=O)c2ccc(Br)cc2)C1.